The van der Waals surface area contributed by atoms with Crippen LogP contribution in [0.25, 0.3) is 0 Å². The minimum atomic E-state index is -3.99. The molecule has 2 aromatic carbocycles. The third kappa shape index (κ3) is 4.11. The zero-order valence-electron chi connectivity index (χ0n) is 14.3. The van der Waals surface area contributed by atoms with E-state index in [0.717, 1.165) is 18.8 Å². The van der Waals surface area contributed by atoms with E-state index >= 15 is 0 Å². The highest BCUT2D eigenvalue weighted by molar-refractivity contribution is 7.87. The van der Waals surface area contributed by atoms with E-state index in [9.17, 15) is 13.2 Å². The van der Waals surface area contributed by atoms with Crippen molar-refractivity contribution in [3.63, 3.8) is 0 Å². The molecular formula is C18H19ClN2O4S. The Labute approximate surface area is 158 Å². The molecule has 0 unspecified atom stereocenters. The molecular weight excluding hydrogens is 376 g/mol. The highest BCUT2D eigenvalue weighted by atomic mass is 35.5. The molecule has 2 aromatic rings. The molecule has 0 bridgehead atoms. The molecule has 0 saturated carbocycles. The van der Waals surface area contributed by atoms with Crippen LogP contribution in [-0.2, 0) is 14.9 Å². The van der Waals surface area contributed by atoms with Crippen LogP contribution in [-0.4, -0.2) is 45.4 Å². The predicted octanol–water partition coefficient (Wildman–Crippen LogP) is 2.78. The quantitative estimate of drug-likeness (QED) is 0.746. The summed E-state index contributed by atoms with van der Waals surface area (Å²) < 4.78 is 29.9. The van der Waals surface area contributed by atoms with Crippen LogP contribution in [0.5, 0.6) is 5.75 Å². The van der Waals surface area contributed by atoms with Crippen LogP contribution in [0.4, 0.5) is 5.69 Å². The Morgan fingerprint density at radius 2 is 1.62 bits per heavy atom. The van der Waals surface area contributed by atoms with Crippen LogP contribution in [0.15, 0.2) is 53.4 Å². The number of hydrogen-bond acceptors (Lipinski definition) is 5. The van der Waals surface area contributed by atoms with Gasteiger partial charge in [0.05, 0.1) is 5.02 Å². The lowest BCUT2D eigenvalue weighted by Crippen LogP contribution is -2.48. The maximum atomic E-state index is 12.4. The van der Waals surface area contributed by atoms with E-state index in [-0.39, 0.29) is 21.6 Å². The van der Waals surface area contributed by atoms with Crippen molar-refractivity contribution in [3.8, 4) is 5.75 Å². The number of nitrogens with zero attached hydrogens (tertiary/aromatic N) is 2. The fourth-order valence-corrected chi connectivity index (χ4v) is 4.24. The zero-order valence-corrected chi connectivity index (χ0v) is 15.8. The number of rotatable bonds is 4. The Kier molecular flexibility index (Phi) is 5.38. The number of benzene rings is 2. The summed E-state index contributed by atoms with van der Waals surface area (Å²) in [7, 11) is -3.99. The fraction of sp³-hybridized carbons (Fsp3) is 0.278. The number of amides is 1. The van der Waals surface area contributed by atoms with E-state index in [1.807, 2.05) is 4.90 Å². The SMILES string of the molecule is CC(=O)N1CCN(c2ccc(OS(=O)(=O)c3ccccc3Cl)cc2)CC1. The number of piperazine rings is 1. The van der Waals surface area contributed by atoms with Crippen LogP contribution in [0.3, 0.4) is 0 Å². The summed E-state index contributed by atoms with van der Waals surface area (Å²) in [4.78, 5) is 15.3. The van der Waals surface area contributed by atoms with Gasteiger partial charge in [-0.15, -0.1) is 0 Å². The summed E-state index contributed by atoms with van der Waals surface area (Å²) in [5, 5.41) is 0.118. The highest BCUT2D eigenvalue weighted by Crippen LogP contribution is 2.26. The van der Waals surface area contributed by atoms with Crippen LogP contribution >= 0.6 is 11.6 Å². The zero-order chi connectivity index (χ0) is 18.7. The Hall–Kier alpha value is -2.25. The number of anilines is 1. The molecule has 6 nitrogen and oxygen atoms in total. The molecule has 138 valence electrons. The van der Waals surface area contributed by atoms with Crippen molar-refractivity contribution in [2.45, 2.75) is 11.8 Å². The largest absolute Gasteiger partial charge is 0.379 e. The molecule has 1 amide bonds. The summed E-state index contributed by atoms with van der Waals surface area (Å²) in [6.07, 6.45) is 0. The molecule has 1 fully saturated rings. The second kappa shape index (κ2) is 7.55. The lowest BCUT2D eigenvalue weighted by molar-refractivity contribution is -0.129. The molecule has 0 N–H and O–H groups in total. The predicted molar refractivity (Wildman–Crippen MR) is 100 cm³/mol. The van der Waals surface area contributed by atoms with Gasteiger partial charge in [-0.25, -0.2) is 0 Å². The van der Waals surface area contributed by atoms with Gasteiger partial charge in [-0.05, 0) is 36.4 Å². The van der Waals surface area contributed by atoms with E-state index in [1.165, 1.54) is 12.1 Å². The van der Waals surface area contributed by atoms with E-state index in [4.69, 9.17) is 15.8 Å². The van der Waals surface area contributed by atoms with Crippen molar-refractivity contribution in [1.29, 1.82) is 0 Å². The van der Waals surface area contributed by atoms with Gasteiger partial charge in [0, 0.05) is 38.8 Å². The van der Waals surface area contributed by atoms with Crippen molar-refractivity contribution >= 4 is 33.3 Å². The fourth-order valence-electron chi connectivity index (χ4n) is 2.81. The lowest BCUT2D eigenvalue weighted by Gasteiger charge is -2.35. The third-order valence-corrected chi connectivity index (χ3v) is 5.99. The average Bonchev–Trinajstić information content (AvgIpc) is 2.62. The van der Waals surface area contributed by atoms with Crippen molar-refractivity contribution in [3.05, 3.63) is 53.6 Å². The second-order valence-electron chi connectivity index (χ2n) is 5.95. The van der Waals surface area contributed by atoms with Gasteiger partial charge in [0.15, 0.2) is 0 Å². The number of carbonyl (C=O) groups is 1. The van der Waals surface area contributed by atoms with Gasteiger partial charge < -0.3 is 14.0 Å². The lowest BCUT2D eigenvalue weighted by atomic mass is 10.2. The first-order chi connectivity index (χ1) is 12.4. The topological polar surface area (TPSA) is 66.9 Å². The number of hydrogen-bond donors (Lipinski definition) is 0. The molecule has 0 atom stereocenters. The summed E-state index contributed by atoms with van der Waals surface area (Å²) in [6, 6.07) is 13.0. The maximum absolute atomic E-state index is 12.4. The van der Waals surface area contributed by atoms with Gasteiger partial charge in [-0.3, -0.25) is 4.79 Å². The highest BCUT2D eigenvalue weighted by Gasteiger charge is 2.21. The van der Waals surface area contributed by atoms with Gasteiger partial charge >= 0.3 is 10.1 Å². The van der Waals surface area contributed by atoms with Crippen LogP contribution in [0.1, 0.15) is 6.92 Å². The molecule has 1 aliphatic rings. The second-order valence-corrected chi connectivity index (χ2v) is 7.88. The van der Waals surface area contributed by atoms with Crippen LogP contribution in [0, 0.1) is 0 Å². The molecule has 0 radical (unpaired) electrons. The van der Waals surface area contributed by atoms with E-state index in [0.29, 0.717) is 13.1 Å². The molecule has 0 spiro atoms. The van der Waals surface area contributed by atoms with Crippen LogP contribution in [0.2, 0.25) is 5.02 Å². The average molecular weight is 395 g/mol. The first kappa shape index (κ1) is 18.5. The summed E-state index contributed by atoms with van der Waals surface area (Å²) >= 11 is 5.94. The summed E-state index contributed by atoms with van der Waals surface area (Å²) in [5.74, 6) is 0.300. The first-order valence-electron chi connectivity index (χ1n) is 8.16. The normalized spacial score (nSPS) is 15.0. The van der Waals surface area contributed by atoms with Gasteiger partial charge in [-0.2, -0.15) is 8.42 Å². The maximum Gasteiger partial charge on any atom is 0.340 e. The van der Waals surface area contributed by atoms with Gasteiger partial charge in [0.2, 0.25) is 5.91 Å². The number of halogens is 1. The molecule has 8 heteroatoms. The van der Waals surface area contributed by atoms with E-state index in [2.05, 4.69) is 4.90 Å². The molecule has 0 aromatic heterocycles. The third-order valence-electron chi connectivity index (χ3n) is 4.24. The van der Waals surface area contributed by atoms with Gasteiger partial charge in [0.1, 0.15) is 10.6 Å². The Morgan fingerprint density at radius 3 is 2.19 bits per heavy atom. The summed E-state index contributed by atoms with van der Waals surface area (Å²) in [6.45, 7) is 4.39. The smallest absolute Gasteiger partial charge is 0.340 e. The molecule has 26 heavy (non-hydrogen) atoms. The molecule has 0 aliphatic carbocycles. The Morgan fingerprint density at radius 1 is 1.00 bits per heavy atom. The van der Waals surface area contributed by atoms with E-state index < -0.39 is 10.1 Å². The van der Waals surface area contributed by atoms with Crippen molar-refractivity contribution in [2.75, 3.05) is 31.1 Å². The molecule has 1 heterocycles. The van der Waals surface area contributed by atoms with Crippen molar-refractivity contribution in [1.82, 2.24) is 4.90 Å². The van der Waals surface area contributed by atoms with Gasteiger partial charge in [0.25, 0.3) is 0 Å². The first-order valence-corrected chi connectivity index (χ1v) is 9.95. The van der Waals surface area contributed by atoms with Gasteiger partial charge in [-0.1, -0.05) is 23.7 Å². The van der Waals surface area contributed by atoms with Crippen molar-refractivity contribution < 1.29 is 17.4 Å². The molecule has 1 aliphatic heterocycles. The number of carbonyl (C=O) groups excluding carboxylic acids is 1. The van der Waals surface area contributed by atoms with E-state index in [1.54, 1.807) is 43.3 Å². The molecule has 3 rings (SSSR count). The Balaban J connectivity index is 1.69. The summed E-state index contributed by atoms with van der Waals surface area (Å²) in [5.41, 5.74) is 0.954. The van der Waals surface area contributed by atoms with Crippen LogP contribution < -0.4 is 9.08 Å². The minimum Gasteiger partial charge on any atom is -0.379 e. The Bertz CT molecular complexity index is 892. The molecule has 1 saturated heterocycles. The standard InChI is InChI=1S/C18H19ClN2O4S/c1-14(22)20-10-12-21(13-11-20)15-6-8-16(9-7-15)25-26(23,24)18-5-3-2-4-17(18)19/h2-9H,10-13H2,1H3. The monoisotopic (exact) mass is 394 g/mol. The minimum absolute atomic E-state index is 0.0638. The van der Waals surface area contributed by atoms with Crippen molar-refractivity contribution in [2.24, 2.45) is 0 Å².